The second-order valence-corrected chi connectivity index (χ2v) is 4.44. The van der Waals surface area contributed by atoms with Crippen molar-refractivity contribution in [3.8, 4) is 0 Å². The van der Waals surface area contributed by atoms with E-state index in [1.807, 2.05) is 4.90 Å². The summed E-state index contributed by atoms with van der Waals surface area (Å²) in [6, 6.07) is 0.298. The fourth-order valence-electron chi connectivity index (χ4n) is 1.74. The summed E-state index contributed by atoms with van der Waals surface area (Å²) in [6.45, 7) is 6.21. The molecule has 0 aliphatic heterocycles. The van der Waals surface area contributed by atoms with Gasteiger partial charge >= 0.3 is 0 Å². The van der Waals surface area contributed by atoms with Crippen LogP contribution >= 0.6 is 0 Å². The SMILES string of the molecule is CCC(C)N(CCOC)C(=O)CCCCCN. The van der Waals surface area contributed by atoms with Crippen LogP contribution in [0.25, 0.3) is 0 Å². The predicted molar refractivity (Wildman–Crippen MR) is 70.9 cm³/mol. The van der Waals surface area contributed by atoms with Crippen molar-refractivity contribution in [1.29, 1.82) is 0 Å². The summed E-state index contributed by atoms with van der Waals surface area (Å²) in [5.74, 6) is 0.244. The number of unbranched alkanes of at least 4 members (excludes halogenated alkanes) is 2. The van der Waals surface area contributed by atoms with Crippen LogP contribution in [0, 0.1) is 0 Å². The van der Waals surface area contributed by atoms with Crippen LogP contribution in [0.2, 0.25) is 0 Å². The highest BCUT2D eigenvalue weighted by atomic mass is 16.5. The highest BCUT2D eigenvalue weighted by Crippen LogP contribution is 2.09. The van der Waals surface area contributed by atoms with Gasteiger partial charge in [-0.05, 0) is 32.7 Å². The average molecular weight is 244 g/mol. The quantitative estimate of drug-likeness (QED) is 0.596. The third kappa shape index (κ3) is 7.34. The van der Waals surface area contributed by atoms with Crippen molar-refractivity contribution in [2.75, 3.05) is 26.8 Å². The molecule has 0 heterocycles. The molecule has 0 aromatic carbocycles. The van der Waals surface area contributed by atoms with Crippen LogP contribution in [0.15, 0.2) is 0 Å². The second-order valence-electron chi connectivity index (χ2n) is 4.44. The second kappa shape index (κ2) is 10.5. The molecule has 4 heteroatoms. The fourth-order valence-corrected chi connectivity index (χ4v) is 1.74. The number of rotatable bonds is 10. The molecule has 0 saturated carbocycles. The van der Waals surface area contributed by atoms with Gasteiger partial charge in [0.15, 0.2) is 0 Å². The minimum Gasteiger partial charge on any atom is -0.383 e. The smallest absolute Gasteiger partial charge is 0.222 e. The Kier molecular flexibility index (Phi) is 10.2. The number of nitrogens with two attached hydrogens (primary N) is 1. The van der Waals surface area contributed by atoms with E-state index in [9.17, 15) is 4.79 Å². The molecule has 4 nitrogen and oxygen atoms in total. The van der Waals surface area contributed by atoms with Crippen LogP contribution in [0.4, 0.5) is 0 Å². The normalized spacial score (nSPS) is 12.5. The van der Waals surface area contributed by atoms with Crippen LogP contribution < -0.4 is 5.73 Å². The molecule has 0 aromatic rings. The van der Waals surface area contributed by atoms with Crippen molar-refractivity contribution in [3.63, 3.8) is 0 Å². The molecule has 0 bridgehead atoms. The van der Waals surface area contributed by atoms with Gasteiger partial charge in [0.2, 0.25) is 5.91 Å². The van der Waals surface area contributed by atoms with Crippen molar-refractivity contribution >= 4 is 5.91 Å². The van der Waals surface area contributed by atoms with Gasteiger partial charge in [-0.2, -0.15) is 0 Å². The number of carbonyl (C=O) groups is 1. The molecular formula is C13H28N2O2. The molecule has 0 aromatic heterocycles. The van der Waals surface area contributed by atoms with E-state index in [0.29, 0.717) is 32.2 Å². The third-order valence-electron chi connectivity index (χ3n) is 3.07. The van der Waals surface area contributed by atoms with Gasteiger partial charge in [-0.3, -0.25) is 4.79 Å². The number of carbonyl (C=O) groups excluding carboxylic acids is 1. The molecule has 2 N–H and O–H groups in total. The summed E-state index contributed by atoms with van der Waals surface area (Å²) >= 11 is 0. The summed E-state index contributed by atoms with van der Waals surface area (Å²) in [4.78, 5) is 14.0. The maximum absolute atomic E-state index is 12.1. The van der Waals surface area contributed by atoms with Gasteiger partial charge in [0, 0.05) is 26.1 Å². The van der Waals surface area contributed by atoms with Crippen LogP contribution in [0.3, 0.4) is 0 Å². The number of amides is 1. The number of hydrogen-bond donors (Lipinski definition) is 1. The number of ether oxygens (including phenoxy) is 1. The van der Waals surface area contributed by atoms with E-state index in [0.717, 1.165) is 25.7 Å². The van der Waals surface area contributed by atoms with Gasteiger partial charge in [-0.1, -0.05) is 13.3 Å². The summed E-state index contributed by atoms with van der Waals surface area (Å²) in [6.07, 6.45) is 4.61. The molecule has 0 aliphatic carbocycles. The summed E-state index contributed by atoms with van der Waals surface area (Å²) in [5, 5.41) is 0. The zero-order valence-corrected chi connectivity index (χ0v) is 11.6. The first-order chi connectivity index (χ1) is 8.17. The van der Waals surface area contributed by atoms with E-state index in [4.69, 9.17) is 10.5 Å². The Hall–Kier alpha value is -0.610. The highest BCUT2D eigenvalue weighted by molar-refractivity contribution is 5.76. The third-order valence-corrected chi connectivity index (χ3v) is 3.07. The molecule has 102 valence electrons. The van der Waals surface area contributed by atoms with Crippen LogP contribution in [0.1, 0.15) is 46.0 Å². The van der Waals surface area contributed by atoms with Gasteiger partial charge in [-0.25, -0.2) is 0 Å². The summed E-state index contributed by atoms with van der Waals surface area (Å²) in [5.41, 5.74) is 5.43. The molecule has 0 fully saturated rings. The van der Waals surface area contributed by atoms with Crippen LogP contribution in [-0.2, 0) is 9.53 Å². The number of hydrogen-bond acceptors (Lipinski definition) is 3. The minimum atomic E-state index is 0.244. The van der Waals surface area contributed by atoms with Gasteiger partial charge in [0.25, 0.3) is 0 Å². The van der Waals surface area contributed by atoms with E-state index in [1.54, 1.807) is 7.11 Å². The Morgan fingerprint density at radius 3 is 2.59 bits per heavy atom. The maximum Gasteiger partial charge on any atom is 0.222 e. The maximum atomic E-state index is 12.1. The molecular weight excluding hydrogens is 216 g/mol. The molecule has 1 amide bonds. The van der Waals surface area contributed by atoms with Crippen molar-refractivity contribution in [1.82, 2.24) is 4.90 Å². The van der Waals surface area contributed by atoms with Gasteiger partial charge in [0.05, 0.1) is 6.61 Å². The first-order valence-corrected chi connectivity index (χ1v) is 6.65. The van der Waals surface area contributed by atoms with Crippen molar-refractivity contribution in [2.45, 2.75) is 52.0 Å². The van der Waals surface area contributed by atoms with Crippen molar-refractivity contribution < 1.29 is 9.53 Å². The summed E-state index contributed by atoms with van der Waals surface area (Å²) < 4.78 is 5.05. The van der Waals surface area contributed by atoms with Crippen LogP contribution in [0.5, 0.6) is 0 Å². The lowest BCUT2D eigenvalue weighted by atomic mass is 10.1. The standard InChI is InChI=1S/C13H28N2O2/c1-4-12(2)15(10-11-17-3)13(16)8-6-5-7-9-14/h12H,4-11,14H2,1-3H3. The zero-order valence-electron chi connectivity index (χ0n) is 11.6. The molecule has 1 unspecified atom stereocenters. The highest BCUT2D eigenvalue weighted by Gasteiger charge is 2.17. The largest absolute Gasteiger partial charge is 0.383 e. The lowest BCUT2D eigenvalue weighted by Gasteiger charge is -2.28. The van der Waals surface area contributed by atoms with Gasteiger partial charge in [0.1, 0.15) is 0 Å². The molecule has 0 rings (SSSR count). The fraction of sp³-hybridized carbons (Fsp3) is 0.923. The first-order valence-electron chi connectivity index (χ1n) is 6.65. The number of nitrogens with zero attached hydrogens (tertiary/aromatic N) is 1. The predicted octanol–water partition coefficient (Wildman–Crippen LogP) is 1.78. The number of methoxy groups -OCH3 is 1. The molecule has 0 spiro atoms. The molecule has 17 heavy (non-hydrogen) atoms. The minimum absolute atomic E-state index is 0.244. The van der Waals surface area contributed by atoms with Gasteiger partial charge in [-0.15, -0.1) is 0 Å². The van der Waals surface area contributed by atoms with E-state index in [1.165, 1.54) is 0 Å². The zero-order chi connectivity index (χ0) is 13.1. The molecule has 0 aliphatic rings. The van der Waals surface area contributed by atoms with Crippen molar-refractivity contribution in [2.24, 2.45) is 5.73 Å². The Morgan fingerprint density at radius 1 is 1.35 bits per heavy atom. The lowest BCUT2D eigenvalue weighted by Crippen LogP contribution is -2.40. The van der Waals surface area contributed by atoms with E-state index >= 15 is 0 Å². The van der Waals surface area contributed by atoms with E-state index < -0.39 is 0 Å². The van der Waals surface area contributed by atoms with Gasteiger partial charge < -0.3 is 15.4 Å². The van der Waals surface area contributed by atoms with E-state index in [-0.39, 0.29) is 5.91 Å². The Balaban J connectivity index is 4.03. The average Bonchev–Trinajstić information content (AvgIpc) is 2.34. The van der Waals surface area contributed by atoms with Crippen LogP contribution in [-0.4, -0.2) is 43.7 Å². The van der Waals surface area contributed by atoms with E-state index in [2.05, 4.69) is 13.8 Å². The Labute approximate surface area is 105 Å². The lowest BCUT2D eigenvalue weighted by molar-refractivity contribution is -0.134. The topological polar surface area (TPSA) is 55.6 Å². The summed E-state index contributed by atoms with van der Waals surface area (Å²) in [7, 11) is 1.67. The Bertz CT molecular complexity index is 198. The first kappa shape index (κ1) is 16.4. The Morgan fingerprint density at radius 2 is 2.06 bits per heavy atom. The van der Waals surface area contributed by atoms with Crippen molar-refractivity contribution in [3.05, 3.63) is 0 Å². The molecule has 0 radical (unpaired) electrons. The molecule has 0 saturated heterocycles. The monoisotopic (exact) mass is 244 g/mol. The molecule has 1 atom stereocenters.